The van der Waals surface area contributed by atoms with Crippen molar-refractivity contribution in [2.24, 2.45) is 25.0 Å². The van der Waals surface area contributed by atoms with Crippen LogP contribution in [-0.4, -0.2) is 143 Å². The summed E-state index contributed by atoms with van der Waals surface area (Å²) in [5.74, 6) is 3.85. The molecule has 22 heteroatoms. The first-order valence-electron chi connectivity index (χ1n) is 38.6. The molecular weight excluding hydrogens is 1370 g/mol. The Labute approximate surface area is 635 Å². The number of benzene rings is 6. The van der Waals surface area contributed by atoms with Crippen LogP contribution in [-0.2, 0) is 91.8 Å². The lowest BCUT2D eigenvalue weighted by Gasteiger charge is -2.35. The second-order valence-corrected chi connectivity index (χ2v) is 30.3. The van der Waals surface area contributed by atoms with Crippen LogP contribution in [0.4, 0.5) is 17.1 Å². The van der Waals surface area contributed by atoms with Gasteiger partial charge in [-0.2, -0.15) is 5.10 Å². The quantitative estimate of drug-likeness (QED) is 0.0386. The molecule has 0 spiro atoms. The van der Waals surface area contributed by atoms with Crippen LogP contribution in [0.2, 0.25) is 0 Å². The fourth-order valence-corrected chi connectivity index (χ4v) is 17.4. The van der Waals surface area contributed by atoms with Crippen molar-refractivity contribution in [2.45, 2.75) is 141 Å². The minimum absolute atomic E-state index is 0.00315. The summed E-state index contributed by atoms with van der Waals surface area (Å²) < 4.78 is 27.3. The van der Waals surface area contributed by atoms with Crippen LogP contribution >= 0.6 is 0 Å². The molecule has 22 nitrogen and oxygen atoms in total. The number of H-pyrrole nitrogens is 1. The molecule has 566 valence electrons. The number of likely N-dealkylation sites (tertiary alicyclic amines) is 1. The Bertz CT molecular complexity index is 5040. The molecule has 6 aliphatic heterocycles. The van der Waals surface area contributed by atoms with Crippen LogP contribution < -0.4 is 50.9 Å². The van der Waals surface area contributed by atoms with E-state index in [4.69, 9.17) is 18.9 Å². The zero-order valence-corrected chi connectivity index (χ0v) is 63.3. The number of Topliss-reactive ketones (excluding diaryl/α,β-unsaturated/α-hetero) is 2. The minimum atomic E-state index is -0.371. The number of nitrogens with one attached hydrogen (secondary N) is 4. The van der Waals surface area contributed by atoms with E-state index < -0.39 is 0 Å². The highest BCUT2D eigenvalue weighted by Crippen LogP contribution is 2.43. The smallest absolute Gasteiger partial charge is 0.276 e. The summed E-state index contributed by atoms with van der Waals surface area (Å²) in [4.78, 5) is 87.4. The lowest BCUT2D eigenvalue weighted by Crippen LogP contribution is -2.47. The van der Waals surface area contributed by atoms with Gasteiger partial charge in [-0.1, -0.05) is 48.5 Å². The van der Waals surface area contributed by atoms with E-state index in [1.54, 1.807) is 57.0 Å². The van der Waals surface area contributed by atoms with Gasteiger partial charge in [0.25, 0.3) is 11.1 Å². The monoisotopic (exact) mass is 1470 g/mol. The summed E-state index contributed by atoms with van der Waals surface area (Å²) in [5.41, 5.74) is 20.7. The molecule has 1 aliphatic carbocycles. The Morgan fingerprint density at radius 1 is 0.569 bits per heavy atom. The van der Waals surface area contributed by atoms with E-state index in [-0.39, 0.29) is 53.0 Å². The molecule has 2 unspecified atom stereocenters. The van der Waals surface area contributed by atoms with Gasteiger partial charge in [-0.25, -0.2) is 0 Å². The van der Waals surface area contributed by atoms with Crippen molar-refractivity contribution in [1.29, 1.82) is 0 Å². The number of aryl methyl sites for hydroxylation is 2. The molecule has 16 rings (SSSR count). The second-order valence-electron chi connectivity index (χ2n) is 30.3. The molecule has 2 amide bonds. The molecule has 109 heavy (non-hydrogen) atoms. The van der Waals surface area contributed by atoms with Crippen LogP contribution in [0.15, 0.2) is 142 Å². The largest absolute Gasteiger partial charge is 0.496 e. The number of pyridine rings is 2. The van der Waals surface area contributed by atoms with Crippen molar-refractivity contribution < 1.29 is 38.1 Å². The Kier molecular flexibility index (Phi) is 22.1. The number of aromatic amines is 1. The van der Waals surface area contributed by atoms with E-state index in [1.807, 2.05) is 25.4 Å². The summed E-state index contributed by atoms with van der Waals surface area (Å²) >= 11 is 0. The zero-order chi connectivity index (χ0) is 75.4. The number of ether oxygens (including phenoxy) is 4. The van der Waals surface area contributed by atoms with E-state index >= 15 is 0 Å². The van der Waals surface area contributed by atoms with E-state index in [9.17, 15) is 28.8 Å². The second kappa shape index (κ2) is 32.6. The number of nitrogens with zero attached hydrogens (tertiary/aromatic N) is 8. The third kappa shape index (κ3) is 16.1. The Morgan fingerprint density at radius 3 is 1.88 bits per heavy atom. The predicted molar refractivity (Wildman–Crippen MR) is 424 cm³/mol. The highest BCUT2D eigenvalue weighted by molar-refractivity contribution is 6.05. The molecule has 1 saturated carbocycles. The van der Waals surface area contributed by atoms with Crippen molar-refractivity contribution in [3.8, 4) is 45.3 Å². The first kappa shape index (κ1) is 73.8. The number of hydrogen-bond acceptors (Lipinski definition) is 18. The normalized spacial score (nSPS) is 18.5. The van der Waals surface area contributed by atoms with Gasteiger partial charge in [0.2, 0.25) is 11.8 Å². The van der Waals surface area contributed by atoms with Crippen LogP contribution in [0, 0.1) is 5.92 Å². The molecular formula is C87H98N12O10. The SMILES string of the molecule is CCOc1cc(-c2cn(C)c(=O)c3[nH]ncc23)c(OC)cc1CN1CCc2c(CN3CCC(c4ccc(NC5CCC(=O)NC5=O)cc4)CC3)cccc2C1.COc1cc(-c2cn(C)c(=O)c3c2C=NC3)cc(OC)c1CN1CCc2c(CC3CCN(c4ccc(NC5CCC(=O)CC5=O)cc4)CC3)cccc2C1. The fraction of sp³-hybridized carbons (Fsp3) is 0.402. The average Bonchev–Trinajstić information content (AvgIpc) is 1.75. The lowest BCUT2D eigenvalue weighted by molar-refractivity contribution is -0.134. The van der Waals surface area contributed by atoms with Crippen molar-refractivity contribution in [2.75, 3.05) is 82.7 Å². The Hall–Kier alpha value is -10.7. The van der Waals surface area contributed by atoms with Crippen molar-refractivity contribution in [3.63, 3.8) is 0 Å². The Morgan fingerprint density at radius 2 is 1.20 bits per heavy atom. The summed E-state index contributed by atoms with van der Waals surface area (Å²) in [6, 6.07) is 38.1. The standard InChI is InChI=1S/C44H49N5O5.C43H49N7O5/c1-47-26-38(36-23-45-24-37(36)44(47)52)31-20-42(53-2)39(43(21-31)54-3)27-48-16-15-35-29(5-4-6-30(35)25-48)19-28-13-17-49(18-14-28)33-9-7-32(8-10-33)46-40-12-11-34(50)22-41(40)51;1-4-55-38-21-34(36-26-48(2)43(53)41-35(36)22-44-47-41)39(54-3)20-31(38)25-50-19-16-33-29(6-5-7-30(33)24-50)23-49-17-14-28(15-18-49)27-8-10-32(11-9-27)45-37-12-13-40(51)46-42(37)52/h4-10,20-21,23,26,28,40,46H,11-19,22,24-25,27H2,1-3H3;5-11,20-22,26,28,37,45H,4,12-19,23-25H2,1-3H3,(H,44,47)(H,46,51,52). The fourth-order valence-electron chi connectivity index (χ4n) is 17.4. The Balaban J connectivity index is 0.000000174. The van der Waals surface area contributed by atoms with Gasteiger partial charge in [0.1, 0.15) is 40.3 Å². The molecule has 9 heterocycles. The predicted octanol–water partition coefficient (Wildman–Crippen LogP) is 11.6. The number of anilines is 3. The first-order chi connectivity index (χ1) is 53.0. The molecule has 0 radical (unpaired) electrons. The number of rotatable bonds is 21. The van der Waals surface area contributed by atoms with E-state index in [1.165, 1.54) is 44.6 Å². The lowest BCUT2D eigenvalue weighted by atomic mass is 9.85. The molecule has 4 fully saturated rings. The van der Waals surface area contributed by atoms with Gasteiger partial charge in [-0.3, -0.25) is 58.9 Å². The average molecular weight is 1470 g/mol. The summed E-state index contributed by atoms with van der Waals surface area (Å²) in [6.07, 6.45) is 16.9. The van der Waals surface area contributed by atoms with Crippen molar-refractivity contribution >= 4 is 57.6 Å². The van der Waals surface area contributed by atoms with Gasteiger partial charge in [0.05, 0.1) is 58.7 Å². The number of amides is 2. The van der Waals surface area contributed by atoms with Gasteiger partial charge in [0.15, 0.2) is 5.78 Å². The molecule has 3 saturated heterocycles. The van der Waals surface area contributed by atoms with Gasteiger partial charge in [0, 0.05) is 160 Å². The van der Waals surface area contributed by atoms with Crippen molar-refractivity contribution in [3.05, 3.63) is 210 Å². The highest BCUT2D eigenvalue weighted by Gasteiger charge is 2.32. The van der Waals surface area contributed by atoms with Crippen LogP contribution in [0.1, 0.15) is 132 Å². The maximum atomic E-state index is 12.7. The van der Waals surface area contributed by atoms with E-state index in [0.29, 0.717) is 62.7 Å². The maximum absolute atomic E-state index is 12.7. The number of carbonyl (C=O) groups excluding carboxylic acids is 4. The number of aromatic nitrogens is 4. The highest BCUT2D eigenvalue weighted by atomic mass is 16.5. The summed E-state index contributed by atoms with van der Waals surface area (Å²) in [5, 5.41) is 16.8. The number of fused-ring (bicyclic) bond motifs is 4. The number of hydrogen-bond donors (Lipinski definition) is 4. The van der Waals surface area contributed by atoms with Crippen LogP contribution in [0.25, 0.3) is 33.2 Å². The van der Waals surface area contributed by atoms with Gasteiger partial charge in [-0.05, 0) is 195 Å². The molecule has 4 N–H and O–H groups in total. The maximum Gasteiger partial charge on any atom is 0.276 e. The number of imide groups is 1. The molecule has 9 aromatic rings. The topological polar surface area (TPSA) is 239 Å². The molecule has 0 bridgehead atoms. The number of ketones is 2. The number of methoxy groups -OCH3 is 3. The van der Waals surface area contributed by atoms with Crippen molar-refractivity contribution in [1.82, 2.24) is 39.3 Å². The van der Waals surface area contributed by atoms with Crippen LogP contribution in [0.3, 0.4) is 0 Å². The zero-order valence-electron chi connectivity index (χ0n) is 63.3. The molecule has 3 aromatic heterocycles. The third-order valence-corrected chi connectivity index (χ3v) is 23.4. The van der Waals surface area contributed by atoms with Gasteiger partial charge in [-0.15, -0.1) is 0 Å². The molecule has 7 aliphatic rings. The van der Waals surface area contributed by atoms with Crippen LogP contribution in [0.5, 0.6) is 23.0 Å². The molecule has 6 aromatic carbocycles. The molecule has 2 atom stereocenters. The number of carbonyl (C=O) groups is 4. The van der Waals surface area contributed by atoms with Gasteiger partial charge < -0.3 is 43.6 Å². The van der Waals surface area contributed by atoms with E-state index in [2.05, 4.69) is 154 Å². The summed E-state index contributed by atoms with van der Waals surface area (Å²) in [7, 11) is 8.62. The minimum Gasteiger partial charge on any atom is -0.496 e. The number of piperidine rings is 3. The number of aliphatic imine (C=N–C) groups is 1. The summed E-state index contributed by atoms with van der Waals surface area (Å²) in [6.45, 7) is 13.2. The van der Waals surface area contributed by atoms with E-state index in [0.717, 1.165) is 195 Å². The third-order valence-electron chi connectivity index (χ3n) is 23.4. The van der Waals surface area contributed by atoms with Gasteiger partial charge >= 0.3 is 0 Å². The first-order valence-corrected chi connectivity index (χ1v) is 38.6.